The average Bonchev–Trinajstić information content (AvgIpc) is 2.53. The summed E-state index contributed by atoms with van der Waals surface area (Å²) >= 11 is 0. The maximum absolute atomic E-state index is 12.4. The maximum atomic E-state index is 12.4. The molecule has 2 rings (SSSR count). The minimum Gasteiger partial charge on any atom is -0.465 e. The molecule has 0 aliphatic carbocycles. The molecule has 2 N–H and O–H groups in total. The van der Waals surface area contributed by atoms with Crippen molar-refractivity contribution in [2.75, 3.05) is 26.7 Å². The molecule has 1 aliphatic rings. The van der Waals surface area contributed by atoms with Gasteiger partial charge in [0.1, 0.15) is 0 Å². The van der Waals surface area contributed by atoms with Gasteiger partial charge in [0.15, 0.2) is 0 Å². The number of nitrogens with one attached hydrogen (secondary N) is 2. The molecule has 122 valence electrons. The molecule has 1 aliphatic heterocycles. The molecular weight excluding hydrogens is 304 g/mol. The van der Waals surface area contributed by atoms with Crippen LogP contribution in [0.15, 0.2) is 23.1 Å². The van der Waals surface area contributed by atoms with E-state index in [9.17, 15) is 13.2 Å². The van der Waals surface area contributed by atoms with E-state index < -0.39 is 16.0 Å². The van der Waals surface area contributed by atoms with Crippen molar-refractivity contribution >= 4 is 16.0 Å². The second-order valence-corrected chi connectivity index (χ2v) is 7.27. The Morgan fingerprint density at radius 2 is 2.23 bits per heavy atom. The lowest BCUT2D eigenvalue weighted by atomic mass is 10.0. The van der Waals surface area contributed by atoms with Crippen LogP contribution in [0.25, 0.3) is 0 Å². The number of carbonyl (C=O) groups excluding carboxylic acids is 1. The molecule has 1 aromatic rings. The Labute approximate surface area is 131 Å². The van der Waals surface area contributed by atoms with Gasteiger partial charge in [-0.2, -0.15) is 0 Å². The predicted molar refractivity (Wildman–Crippen MR) is 83.3 cm³/mol. The number of ether oxygens (including phenoxy) is 1. The van der Waals surface area contributed by atoms with Crippen LogP contribution < -0.4 is 10.0 Å². The van der Waals surface area contributed by atoms with Crippen LogP contribution in [0.5, 0.6) is 0 Å². The van der Waals surface area contributed by atoms with E-state index in [-0.39, 0.29) is 4.90 Å². The fourth-order valence-corrected chi connectivity index (χ4v) is 3.94. The summed E-state index contributed by atoms with van der Waals surface area (Å²) in [4.78, 5) is 11.7. The molecule has 1 heterocycles. The van der Waals surface area contributed by atoms with Gasteiger partial charge in [-0.3, -0.25) is 0 Å². The van der Waals surface area contributed by atoms with E-state index in [0.29, 0.717) is 23.6 Å². The Kier molecular flexibility index (Phi) is 5.55. The number of esters is 1. The summed E-state index contributed by atoms with van der Waals surface area (Å²) < 4.78 is 32.1. The molecule has 0 amide bonds. The van der Waals surface area contributed by atoms with E-state index >= 15 is 0 Å². The van der Waals surface area contributed by atoms with Crippen LogP contribution in [-0.2, 0) is 14.8 Å². The highest BCUT2D eigenvalue weighted by Crippen LogP contribution is 2.18. The Morgan fingerprint density at radius 1 is 1.45 bits per heavy atom. The number of sulfonamides is 1. The molecule has 0 aromatic heterocycles. The fraction of sp³-hybridized carbons (Fsp3) is 0.533. The van der Waals surface area contributed by atoms with Crippen LogP contribution in [-0.4, -0.2) is 41.1 Å². The SMILES string of the molecule is COC(=O)c1ccc(S(=O)(=O)NCC2CCCNC2)c(C)c1. The quantitative estimate of drug-likeness (QED) is 0.791. The normalized spacial score (nSPS) is 18.9. The van der Waals surface area contributed by atoms with Crippen molar-refractivity contribution in [3.05, 3.63) is 29.3 Å². The highest BCUT2D eigenvalue weighted by molar-refractivity contribution is 7.89. The van der Waals surface area contributed by atoms with Gasteiger partial charge in [-0.1, -0.05) is 0 Å². The van der Waals surface area contributed by atoms with Gasteiger partial charge >= 0.3 is 5.97 Å². The molecule has 7 heteroatoms. The molecule has 1 unspecified atom stereocenters. The lowest BCUT2D eigenvalue weighted by molar-refractivity contribution is 0.0600. The van der Waals surface area contributed by atoms with E-state index in [2.05, 4.69) is 14.8 Å². The zero-order chi connectivity index (χ0) is 16.2. The largest absolute Gasteiger partial charge is 0.465 e. The van der Waals surface area contributed by atoms with Gasteiger partial charge in [0.05, 0.1) is 17.6 Å². The standard InChI is InChI=1S/C15H22N2O4S/c1-11-8-13(15(18)21-2)5-6-14(11)22(19,20)17-10-12-4-3-7-16-9-12/h5-6,8,12,16-17H,3-4,7,9-10H2,1-2H3. The zero-order valence-corrected chi connectivity index (χ0v) is 13.7. The third kappa shape index (κ3) is 4.06. The molecule has 1 aromatic carbocycles. The van der Waals surface area contributed by atoms with Crippen LogP contribution in [0.2, 0.25) is 0 Å². The first-order chi connectivity index (χ1) is 10.4. The molecule has 0 radical (unpaired) electrons. The monoisotopic (exact) mass is 326 g/mol. The molecule has 0 bridgehead atoms. The Morgan fingerprint density at radius 3 is 2.82 bits per heavy atom. The van der Waals surface area contributed by atoms with Crippen molar-refractivity contribution in [2.24, 2.45) is 5.92 Å². The molecule has 0 spiro atoms. The number of piperidine rings is 1. The van der Waals surface area contributed by atoms with Gasteiger partial charge in [-0.25, -0.2) is 17.9 Å². The lowest BCUT2D eigenvalue weighted by Crippen LogP contribution is -2.38. The van der Waals surface area contributed by atoms with E-state index in [0.717, 1.165) is 25.9 Å². The van der Waals surface area contributed by atoms with Crippen molar-refractivity contribution in [3.8, 4) is 0 Å². The second kappa shape index (κ2) is 7.21. The van der Waals surface area contributed by atoms with Crippen LogP contribution >= 0.6 is 0 Å². The molecule has 6 nitrogen and oxygen atoms in total. The first kappa shape index (κ1) is 16.9. The molecule has 1 atom stereocenters. The van der Waals surface area contributed by atoms with Crippen molar-refractivity contribution in [3.63, 3.8) is 0 Å². The summed E-state index contributed by atoms with van der Waals surface area (Å²) in [6, 6.07) is 4.45. The van der Waals surface area contributed by atoms with E-state index in [1.54, 1.807) is 6.92 Å². The second-order valence-electron chi connectivity index (χ2n) is 5.54. The summed E-state index contributed by atoms with van der Waals surface area (Å²) in [5, 5.41) is 3.26. The summed E-state index contributed by atoms with van der Waals surface area (Å²) in [7, 11) is -2.28. The summed E-state index contributed by atoms with van der Waals surface area (Å²) in [6.45, 7) is 3.93. The van der Waals surface area contributed by atoms with Crippen molar-refractivity contribution in [1.82, 2.24) is 10.0 Å². The number of hydrogen-bond acceptors (Lipinski definition) is 5. The summed E-state index contributed by atoms with van der Waals surface area (Å²) in [6.07, 6.45) is 2.09. The smallest absolute Gasteiger partial charge is 0.337 e. The number of hydrogen-bond donors (Lipinski definition) is 2. The Balaban J connectivity index is 2.09. The summed E-state index contributed by atoms with van der Waals surface area (Å²) in [5.74, 6) is -0.161. The highest BCUT2D eigenvalue weighted by Gasteiger charge is 2.21. The third-order valence-corrected chi connectivity index (χ3v) is 5.43. The van der Waals surface area contributed by atoms with Gasteiger partial charge in [-0.15, -0.1) is 0 Å². The first-order valence-corrected chi connectivity index (χ1v) is 8.81. The van der Waals surface area contributed by atoms with Gasteiger partial charge in [0.25, 0.3) is 0 Å². The van der Waals surface area contributed by atoms with Crippen LogP contribution in [0.3, 0.4) is 0 Å². The first-order valence-electron chi connectivity index (χ1n) is 7.33. The number of benzene rings is 1. The van der Waals surface area contributed by atoms with Crippen molar-refractivity contribution < 1.29 is 17.9 Å². The van der Waals surface area contributed by atoms with Crippen molar-refractivity contribution in [2.45, 2.75) is 24.7 Å². The average molecular weight is 326 g/mol. The van der Waals surface area contributed by atoms with E-state index in [4.69, 9.17) is 0 Å². The van der Waals surface area contributed by atoms with Crippen LogP contribution in [0.1, 0.15) is 28.8 Å². The van der Waals surface area contributed by atoms with Gasteiger partial charge in [0.2, 0.25) is 10.0 Å². The van der Waals surface area contributed by atoms with Gasteiger partial charge in [0, 0.05) is 6.54 Å². The lowest BCUT2D eigenvalue weighted by Gasteiger charge is -2.23. The molecule has 22 heavy (non-hydrogen) atoms. The number of rotatable bonds is 5. The van der Waals surface area contributed by atoms with E-state index in [1.165, 1.54) is 25.3 Å². The number of aryl methyl sites for hydroxylation is 1. The Bertz CT molecular complexity index is 637. The van der Waals surface area contributed by atoms with Crippen molar-refractivity contribution in [1.29, 1.82) is 0 Å². The summed E-state index contributed by atoms with van der Waals surface area (Å²) in [5.41, 5.74) is 0.868. The maximum Gasteiger partial charge on any atom is 0.337 e. The zero-order valence-electron chi connectivity index (χ0n) is 12.9. The fourth-order valence-electron chi connectivity index (χ4n) is 2.60. The topological polar surface area (TPSA) is 84.5 Å². The Hall–Kier alpha value is -1.44. The number of methoxy groups -OCH3 is 1. The minimum atomic E-state index is -3.57. The van der Waals surface area contributed by atoms with Gasteiger partial charge in [-0.05, 0) is 62.5 Å². The number of carbonyl (C=O) groups is 1. The van der Waals surface area contributed by atoms with E-state index in [1.807, 2.05) is 0 Å². The molecular formula is C15H22N2O4S. The predicted octanol–water partition coefficient (Wildman–Crippen LogP) is 1.06. The van der Waals surface area contributed by atoms with Crippen LogP contribution in [0.4, 0.5) is 0 Å². The molecule has 1 fully saturated rings. The van der Waals surface area contributed by atoms with Gasteiger partial charge < -0.3 is 10.1 Å². The highest BCUT2D eigenvalue weighted by atomic mass is 32.2. The third-order valence-electron chi connectivity index (χ3n) is 3.85. The van der Waals surface area contributed by atoms with Crippen LogP contribution in [0, 0.1) is 12.8 Å². The molecule has 0 saturated carbocycles. The minimum absolute atomic E-state index is 0.198. The molecule has 1 saturated heterocycles.